The van der Waals surface area contributed by atoms with Crippen LogP contribution in [0.25, 0.3) is 0 Å². The molecule has 2 N–H and O–H groups in total. The van der Waals surface area contributed by atoms with Crippen LogP contribution >= 0.6 is 15.9 Å². The second-order valence-corrected chi connectivity index (χ2v) is 4.87. The van der Waals surface area contributed by atoms with E-state index in [1.54, 1.807) is 18.8 Å². The van der Waals surface area contributed by atoms with Crippen molar-refractivity contribution < 1.29 is 9.53 Å². The van der Waals surface area contributed by atoms with Gasteiger partial charge in [-0.25, -0.2) is 9.48 Å². The number of aromatic nitrogens is 2. The van der Waals surface area contributed by atoms with E-state index in [4.69, 9.17) is 4.74 Å². The van der Waals surface area contributed by atoms with Gasteiger partial charge < -0.3 is 15.4 Å². The van der Waals surface area contributed by atoms with E-state index in [9.17, 15) is 4.79 Å². The summed E-state index contributed by atoms with van der Waals surface area (Å²) in [6.07, 6.45) is 0. The van der Waals surface area contributed by atoms with Gasteiger partial charge in [-0.3, -0.25) is 0 Å². The number of hydrogen-bond donors (Lipinski definition) is 2. The van der Waals surface area contributed by atoms with Crippen molar-refractivity contribution in [2.45, 2.75) is 13.5 Å². The number of hydrogen-bond acceptors (Lipinski definition) is 3. The fourth-order valence-corrected chi connectivity index (χ4v) is 1.69. The smallest absolute Gasteiger partial charge is 0.315 e. The second kappa shape index (κ2) is 6.44. The fraction of sp³-hybridized carbons (Fsp3) is 0.455. The Labute approximate surface area is 115 Å². The number of amides is 2. The predicted molar refractivity (Wildman–Crippen MR) is 72.8 cm³/mol. The average molecular weight is 317 g/mol. The number of urea groups is 1. The Morgan fingerprint density at radius 1 is 1.56 bits per heavy atom. The molecule has 0 unspecified atom stereocenters. The third-order valence-corrected chi connectivity index (χ3v) is 2.63. The first-order valence-corrected chi connectivity index (χ1v) is 6.16. The molecule has 0 saturated carbocycles. The van der Waals surface area contributed by atoms with Crippen molar-refractivity contribution in [2.24, 2.45) is 7.05 Å². The van der Waals surface area contributed by atoms with Crippen molar-refractivity contribution in [3.8, 4) is 5.88 Å². The third-order valence-electron chi connectivity index (χ3n) is 2.35. The number of carbonyl (C=O) groups excluding carboxylic acids is 1. The summed E-state index contributed by atoms with van der Waals surface area (Å²) in [5.41, 5.74) is 1.70. The standard InChI is InChI=1S/C11H17BrN4O2/c1-7(12)5-13-11(17)14-6-9-8(2)15-16(3)10(9)18-4/h1,5-6H2,2-4H3,(H2,13,14,17). The number of halogens is 1. The molecule has 0 aromatic carbocycles. The van der Waals surface area contributed by atoms with Crippen LogP contribution in [0.15, 0.2) is 11.1 Å². The van der Waals surface area contributed by atoms with E-state index in [0.29, 0.717) is 23.5 Å². The summed E-state index contributed by atoms with van der Waals surface area (Å²) in [5.74, 6) is 0.651. The highest BCUT2D eigenvalue weighted by atomic mass is 79.9. The van der Waals surface area contributed by atoms with Crippen molar-refractivity contribution in [1.29, 1.82) is 0 Å². The molecule has 7 heteroatoms. The minimum atomic E-state index is -0.263. The number of aryl methyl sites for hydroxylation is 2. The van der Waals surface area contributed by atoms with Gasteiger partial charge in [0.05, 0.1) is 31.5 Å². The van der Waals surface area contributed by atoms with E-state index >= 15 is 0 Å². The monoisotopic (exact) mass is 316 g/mol. The van der Waals surface area contributed by atoms with Gasteiger partial charge in [0.15, 0.2) is 0 Å². The molecular formula is C11H17BrN4O2. The topological polar surface area (TPSA) is 68.2 Å². The lowest BCUT2D eigenvalue weighted by molar-refractivity contribution is 0.241. The first-order chi connectivity index (χ1) is 8.45. The Morgan fingerprint density at radius 2 is 2.22 bits per heavy atom. The first kappa shape index (κ1) is 14.6. The Morgan fingerprint density at radius 3 is 2.78 bits per heavy atom. The first-order valence-electron chi connectivity index (χ1n) is 5.37. The summed E-state index contributed by atoms with van der Waals surface area (Å²) < 4.78 is 7.59. The summed E-state index contributed by atoms with van der Waals surface area (Å²) in [4.78, 5) is 11.5. The van der Waals surface area contributed by atoms with Crippen LogP contribution in [0.5, 0.6) is 5.88 Å². The van der Waals surface area contributed by atoms with Gasteiger partial charge in [-0.1, -0.05) is 22.5 Å². The molecular weight excluding hydrogens is 300 g/mol. The summed E-state index contributed by atoms with van der Waals surface area (Å²) >= 11 is 3.17. The van der Waals surface area contributed by atoms with Gasteiger partial charge in [0.2, 0.25) is 5.88 Å². The van der Waals surface area contributed by atoms with Gasteiger partial charge in [0, 0.05) is 11.5 Å². The number of nitrogens with one attached hydrogen (secondary N) is 2. The third kappa shape index (κ3) is 3.76. The van der Waals surface area contributed by atoms with Crippen molar-refractivity contribution in [2.75, 3.05) is 13.7 Å². The summed E-state index contributed by atoms with van der Waals surface area (Å²) in [5, 5.41) is 9.62. The average Bonchev–Trinajstić information content (AvgIpc) is 2.57. The molecule has 2 amide bonds. The number of ether oxygens (including phenoxy) is 1. The van der Waals surface area contributed by atoms with Gasteiger partial charge in [0.1, 0.15) is 0 Å². The molecule has 0 saturated heterocycles. The fourth-order valence-electron chi connectivity index (χ4n) is 1.55. The maximum absolute atomic E-state index is 11.5. The van der Waals surface area contributed by atoms with Gasteiger partial charge in [-0.2, -0.15) is 5.10 Å². The molecule has 0 bridgehead atoms. The van der Waals surface area contributed by atoms with E-state index in [0.717, 1.165) is 11.3 Å². The highest BCUT2D eigenvalue weighted by Crippen LogP contribution is 2.20. The van der Waals surface area contributed by atoms with Crippen LogP contribution in [0.4, 0.5) is 4.79 Å². The number of methoxy groups -OCH3 is 1. The molecule has 18 heavy (non-hydrogen) atoms. The van der Waals surface area contributed by atoms with Crippen LogP contribution in [-0.4, -0.2) is 29.5 Å². The molecule has 0 aliphatic carbocycles. The molecule has 0 aliphatic heterocycles. The van der Waals surface area contributed by atoms with E-state index in [1.807, 2.05) is 6.92 Å². The Bertz CT molecular complexity index is 456. The van der Waals surface area contributed by atoms with E-state index in [-0.39, 0.29) is 6.03 Å². The number of rotatable bonds is 5. The lowest BCUT2D eigenvalue weighted by Crippen LogP contribution is -2.35. The zero-order valence-corrected chi connectivity index (χ0v) is 12.3. The van der Waals surface area contributed by atoms with Gasteiger partial charge >= 0.3 is 6.03 Å². The minimum Gasteiger partial charge on any atom is -0.481 e. The zero-order chi connectivity index (χ0) is 13.7. The predicted octanol–water partition coefficient (Wildman–Crippen LogP) is 1.44. The van der Waals surface area contributed by atoms with Gasteiger partial charge in [0.25, 0.3) is 0 Å². The highest BCUT2D eigenvalue weighted by Gasteiger charge is 2.14. The molecule has 0 radical (unpaired) electrons. The Balaban J connectivity index is 2.58. The van der Waals surface area contributed by atoms with E-state index in [2.05, 4.69) is 38.2 Å². The van der Waals surface area contributed by atoms with Gasteiger partial charge in [-0.05, 0) is 6.92 Å². The lowest BCUT2D eigenvalue weighted by atomic mass is 10.2. The Kier molecular flexibility index (Phi) is 5.21. The SMILES string of the molecule is C=C(Br)CNC(=O)NCc1c(C)nn(C)c1OC. The number of carbonyl (C=O) groups is 1. The molecule has 1 heterocycles. The van der Waals surface area contributed by atoms with Crippen molar-refractivity contribution >= 4 is 22.0 Å². The van der Waals surface area contributed by atoms with Crippen LogP contribution in [-0.2, 0) is 13.6 Å². The van der Waals surface area contributed by atoms with Crippen molar-refractivity contribution in [1.82, 2.24) is 20.4 Å². The van der Waals surface area contributed by atoms with E-state index in [1.165, 1.54) is 0 Å². The second-order valence-electron chi connectivity index (χ2n) is 3.75. The van der Waals surface area contributed by atoms with Crippen LogP contribution in [0, 0.1) is 6.92 Å². The lowest BCUT2D eigenvalue weighted by Gasteiger charge is -2.08. The molecule has 0 spiro atoms. The molecule has 0 aliphatic rings. The molecule has 0 atom stereocenters. The zero-order valence-electron chi connectivity index (χ0n) is 10.7. The quantitative estimate of drug-likeness (QED) is 0.863. The molecule has 1 rings (SSSR count). The van der Waals surface area contributed by atoms with Crippen molar-refractivity contribution in [3.63, 3.8) is 0 Å². The summed E-state index contributed by atoms with van der Waals surface area (Å²) in [6, 6.07) is -0.263. The van der Waals surface area contributed by atoms with Crippen molar-refractivity contribution in [3.05, 3.63) is 22.3 Å². The summed E-state index contributed by atoms with van der Waals surface area (Å²) in [6.45, 7) is 6.25. The van der Waals surface area contributed by atoms with Gasteiger partial charge in [-0.15, -0.1) is 0 Å². The van der Waals surface area contributed by atoms with Crippen LogP contribution < -0.4 is 15.4 Å². The highest BCUT2D eigenvalue weighted by molar-refractivity contribution is 9.11. The minimum absolute atomic E-state index is 0.263. The van der Waals surface area contributed by atoms with Crippen LogP contribution in [0.2, 0.25) is 0 Å². The largest absolute Gasteiger partial charge is 0.481 e. The molecule has 6 nitrogen and oxygen atoms in total. The molecule has 100 valence electrons. The summed E-state index contributed by atoms with van der Waals surface area (Å²) in [7, 11) is 3.37. The maximum Gasteiger partial charge on any atom is 0.315 e. The van der Waals surface area contributed by atoms with Crippen LogP contribution in [0.1, 0.15) is 11.3 Å². The molecule has 0 fully saturated rings. The number of nitrogens with zero attached hydrogens (tertiary/aromatic N) is 2. The molecule has 1 aromatic heterocycles. The normalized spacial score (nSPS) is 10.0. The Hall–Kier alpha value is -1.50. The van der Waals surface area contributed by atoms with Crippen LogP contribution in [0.3, 0.4) is 0 Å². The maximum atomic E-state index is 11.5. The molecule has 1 aromatic rings. The van der Waals surface area contributed by atoms with E-state index < -0.39 is 0 Å².